The lowest BCUT2D eigenvalue weighted by molar-refractivity contribution is -0.120. The second-order valence-electron chi connectivity index (χ2n) is 4.78. The summed E-state index contributed by atoms with van der Waals surface area (Å²) in [6, 6.07) is 7.71. The Morgan fingerprint density at radius 1 is 1.00 bits per heavy atom. The maximum atomic E-state index is 11.7. The van der Waals surface area contributed by atoms with E-state index in [1.807, 2.05) is 30.5 Å². The summed E-state index contributed by atoms with van der Waals surface area (Å²) >= 11 is 0. The lowest BCUT2D eigenvalue weighted by Crippen LogP contribution is -2.28. The number of pyridine rings is 2. The molecule has 5 heteroatoms. The van der Waals surface area contributed by atoms with E-state index in [1.54, 1.807) is 18.6 Å². The number of nitrogens with one attached hydrogen (secondary N) is 2. The standard InChI is InChI=1S/C16H20N4O/c21-16(10-14-4-1-6-17-11-14)20-9-3-8-19-13-15-5-2-7-18-12-15/h1-2,4-7,11-12,19H,3,8-10,13H2,(H,20,21). The van der Waals surface area contributed by atoms with Crippen molar-refractivity contribution in [2.75, 3.05) is 13.1 Å². The van der Waals surface area contributed by atoms with Crippen LogP contribution in [0.25, 0.3) is 0 Å². The van der Waals surface area contributed by atoms with Crippen LogP contribution in [0.5, 0.6) is 0 Å². The highest BCUT2D eigenvalue weighted by molar-refractivity contribution is 5.78. The van der Waals surface area contributed by atoms with Crippen molar-refractivity contribution in [1.82, 2.24) is 20.6 Å². The van der Waals surface area contributed by atoms with E-state index < -0.39 is 0 Å². The quantitative estimate of drug-likeness (QED) is 0.717. The minimum Gasteiger partial charge on any atom is -0.356 e. The predicted molar refractivity (Wildman–Crippen MR) is 81.5 cm³/mol. The van der Waals surface area contributed by atoms with Crippen molar-refractivity contribution in [2.45, 2.75) is 19.4 Å². The fourth-order valence-electron chi connectivity index (χ4n) is 1.93. The number of aromatic nitrogens is 2. The van der Waals surface area contributed by atoms with E-state index in [-0.39, 0.29) is 5.91 Å². The molecule has 2 rings (SSSR count). The summed E-state index contributed by atoms with van der Waals surface area (Å²) in [5.74, 6) is 0.0373. The molecule has 2 N–H and O–H groups in total. The highest BCUT2D eigenvalue weighted by Crippen LogP contribution is 1.96. The Morgan fingerprint density at radius 3 is 2.38 bits per heavy atom. The lowest BCUT2D eigenvalue weighted by Gasteiger charge is -2.06. The molecule has 2 heterocycles. The van der Waals surface area contributed by atoms with Crippen LogP contribution in [-0.2, 0) is 17.8 Å². The van der Waals surface area contributed by atoms with Crippen LogP contribution in [-0.4, -0.2) is 29.0 Å². The highest BCUT2D eigenvalue weighted by Gasteiger charge is 2.02. The molecule has 0 radical (unpaired) electrons. The molecule has 1 amide bonds. The number of nitrogens with zero attached hydrogens (tertiary/aromatic N) is 2. The van der Waals surface area contributed by atoms with Gasteiger partial charge in [-0.3, -0.25) is 14.8 Å². The lowest BCUT2D eigenvalue weighted by atomic mass is 10.2. The molecule has 0 atom stereocenters. The van der Waals surface area contributed by atoms with Gasteiger partial charge < -0.3 is 10.6 Å². The third kappa shape index (κ3) is 6.14. The van der Waals surface area contributed by atoms with Crippen LogP contribution >= 0.6 is 0 Å². The average molecular weight is 284 g/mol. The van der Waals surface area contributed by atoms with Crippen LogP contribution in [0.1, 0.15) is 17.5 Å². The van der Waals surface area contributed by atoms with Gasteiger partial charge in [0.05, 0.1) is 6.42 Å². The third-order valence-corrected chi connectivity index (χ3v) is 2.99. The Hall–Kier alpha value is -2.27. The number of hydrogen-bond acceptors (Lipinski definition) is 4. The molecule has 0 aromatic carbocycles. The molecule has 0 fully saturated rings. The first-order valence-electron chi connectivity index (χ1n) is 7.10. The molecule has 0 bridgehead atoms. The summed E-state index contributed by atoms with van der Waals surface area (Å²) in [6.45, 7) is 2.35. The Balaban J connectivity index is 1.52. The van der Waals surface area contributed by atoms with Crippen LogP contribution in [0.15, 0.2) is 49.1 Å². The summed E-state index contributed by atoms with van der Waals surface area (Å²) < 4.78 is 0. The Labute approximate surface area is 124 Å². The molecule has 2 aromatic heterocycles. The second-order valence-corrected chi connectivity index (χ2v) is 4.78. The zero-order valence-electron chi connectivity index (χ0n) is 12.0. The topological polar surface area (TPSA) is 66.9 Å². The fourth-order valence-corrected chi connectivity index (χ4v) is 1.93. The minimum absolute atomic E-state index is 0.0373. The van der Waals surface area contributed by atoms with Crippen molar-refractivity contribution >= 4 is 5.91 Å². The van der Waals surface area contributed by atoms with E-state index in [9.17, 15) is 4.79 Å². The fraction of sp³-hybridized carbons (Fsp3) is 0.312. The van der Waals surface area contributed by atoms with Crippen molar-refractivity contribution < 1.29 is 4.79 Å². The van der Waals surface area contributed by atoms with E-state index in [0.29, 0.717) is 13.0 Å². The van der Waals surface area contributed by atoms with Crippen molar-refractivity contribution in [3.63, 3.8) is 0 Å². The van der Waals surface area contributed by atoms with Crippen LogP contribution in [0.4, 0.5) is 0 Å². The Bertz CT molecular complexity index is 530. The molecule has 0 saturated heterocycles. The monoisotopic (exact) mass is 284 g/mol. The van der Waals surface area contributed by atoms with Gasteiger partial charge in [-0.2, -0.15) is 0 Å². The van der Waals surface area contributed by atoms with E-state index >= 15 is 0 Å². The van der Waals surface area contributed by atoms with E-state index in [2.05, 4.69) is 20.6 Å². The van der Waals surface area contributed by atoms with Gasteiger partial charge in [0.1, 0.15) is 0 Å². The van der Waals surface area contributed by atoms with Gasteiger partial charge >= 0.3 is 0 Å². The molecule has 0 aliphatic rings. The van der Waals surface area contributed by atoms with Gasteiger partial charge in [0.25, 0.3) is 0 Å². The van der Waals surface area contributed by atoms with Crippen LogP contribution in [0.2, 0.25) is 0 Å². The summed E-state index contributed by atoms with van der Waals surface area (Å²) in [5, 5.41) is 6.23. The molecule has 0 aliphatic heterocycles. The molecule has 21 heavy (non-hydrogen) atoms. The first-order valence-corrected chi connectivity index (χ1v) is 7.10. The van der Waals surface area contributed by atoms with E-state index in [1.165, 1.54) is 0 Å². The molecule has 5 nitrogen and oxygen atoms in total. The van der Waals surface area contributed by atoms with E-state index in [4.69, 9.17) is 0 Å². The number of hydrogen-bond donors (Lipinski definition) is 2. The predicted octanol–water partition coefficient (Wildman–Crippen LogP) is 1.32. The first kappa shape index (κ1) is 15.1. The molecule has 110 valence electrons. The second kappa shape index (κ2) is 8.81. The highest BCUT2D eigenvalue weighted by atomic mass is 16.1. The maximum Gasteiger partial charge on any atom is 0.224 e. The minimum atomic E-state index is 0.0373. The normalized spacial score (nSPS) is 10.3. The molecular weight excluding hydrogens is 264 g/mol. The number of rotatable bonds is 8. The largest absolute Gasteiger partial charge is 0.356 e. The average Bonchev–Trinajstić information content (AvgIpc) is 2.53. The summed E-state index contributed by atoms with van der Waals surface area (Å²) in [6.07, 6.45) is 8.32. The Kier molecular flexibility index (Phi) is 6.35. The summed E-state index contributed by atoms with van der Waals surface area (Å²) in [5.41, 5.74) is 2.10. The van der Waals surface area contributed by atoms with Gasteiger partial charge in [0.2, 0.25) is 5.91 Å². The van der Waals surface area contributed by atoms with Crippen LogP contribution in [0.3, 0.4) is 0 Å². The summed E-state index contributed by atoms with van der Waals surface area (Å²) in [4.78, 5) is 19.8. The zero-order chi connectivity index (χ0) is 14.8. The Morgan fingerprint density at radius 2 is 1.71 bits per heavy atom. The van der Waals surface area contributed by atoms with Gasteiger partial charge in [-0.15, -0.1) is 0 Å². The van der Waals surface area contributed by atoms with Gasteiger partial charge in [0, 0.05) is 37.9 Å². The number of carbonyl (C=O) groups is 1. The van der Waals surface area contributed by atoms with Crippen molar-refractivity contribution in [3.05, 3.63) is 60.2 Å². The van der Waals surface area contributed by atoms with Crippen molar-refractivity contribution in [3.8, 4) is 0 Å². The number of carbonyl (C=O) groups excluding carboxylic acids is 1. The summed E-state index contributed by atoms with van der Waals surface area (Å²) in [7, 11) is 0. The third-order valence-electron chi connectivity index (χ3n) is 2.99. The van der Waals surface area contributed by atoms with Gasteiger partial charge in [-0.1, -0.05) is 12.1 Å². The van der Waals surface area contributed by atoms with Gasteiger partial charge in [0.15, 0.2) is 0 Å². The van der Waals surface area contributed by atoms with Crippen LogP contribution in [0, 0.1) is 0 Å². The van der Waals surface area contributed by atoms with E-state index in [0.717, 1.165) is 30.6 Å². The SMILES string of the molecule is O=C(Cc1cccnc1)NCCCNCc1cccnc1. The van der Waals surface area contributed by atoms with Gasteiger partial charge in [-0.25, -0.2) is 0 Å². The zero-order valence-corrected chi connectivity index (χ0v) is 12.0. The number of amides is 1. The smallest absolute Gasteiger partial charge is 0.224 e. The first-order chi connectivity index (χ1) is 10.3. The van der Waals surface area contributed by atoms with Crippen LogP contribution < -0.4 is 10.6 Å². The molecule has 0 aliphatic carbocycles. The molecule has 0 spiro atoms. The molecule has 0 saturated carbocycles. The maximum absolute atomic E-state index is 11.7. The molecular formula is C16H20N4O. The molecule has 0 unspecified atom stereocenters. The molecule has 2 aromatic rings. The van der Waals surface area contributed by atoms with Gasteiger partial charge in [-0.05, 0) is 36.2 Å². The van der Waals surface area contributed by atoms with Crippen molar-refractivity contribution in [1.29, 1.82) is 0 Å². The van der Waals surface area contributed by atoms with Crippen molar-refractivity contribution in [2.24, 2.45) is 0 Å².